The molecular formula is C17H9ClF6N4O3. The van der Waals surface area contributed by atoms with Gasteiger partial charge in [0.25, 0.3) is 11.5 Å². The second-order valence-corrected chi connectivity index (χ2v) is 6.57. The molecule has 0 N–H and O–H groups in total. The zero-order valence-electron chi connectivity index (χ0n) is 14.9. The minimum Gasteiger partial charge on any atom is -0.449 e. The molecule has 31 heavy (non-hydrogen) atoms. The van der Waals surface area contributed by atoms with Crippen LogP contribution in [0.25, 0.3) is 0 Å². The van der Waals surface area contributed by atoms with Crippen molar-refractivity contribution in [2.45, 2.75) is 24.9 Å². The van der Waals surface area contributed by atoms with Gasteiger partial charge in [0.1, 0.15) is 11.8 Å². The Hall–Kier alpha value is -3.22. The van der Waals surface area contributed by atoms with Gasteiger partial charge in [-0.1, -0.05) is 17.7 Å². The Labute approximate surface area is 173 Å². The topological polar surface area (TPSA) is 85.9 Å². The average molecular weight is 467 g/mol. The van der Waals surface area contributed by atoms with E-state index in [1.165, 1.54) is 6.08 Å². The van der Waals surface area contributed by atoms with Gasteiger partial charge in [-0.15, -0.1) is 5.11 Å². The zero-order valence-corrected chi connectivity index (χ0v) is 15.7. The molecule has 0 radical (unpaired) electrons. The van der Waals surface area contributed by atoms with E-state index in [0.717, 1.165) is 12.1 Å². The lowest BCUT2D eigenvalue weighted by Crippen LogP contribution is -2.29. The maximum atomic E-state index is 13.3. The number of hydrogen-bond acceptors (Lipinski definition) is 5. The Morgan fingerprint density at radius 3 is 2.35 bits per heavy atom. The first kappa shape index (κ1) is 22.5. The van der Waals surface area contributed by atoms with Crippen LogP contribution in [0.1, 0.15) is 11.3 Å². The van der Waals surface area contributed by atoms with Crippen molar-refractivity contribution in [1.82, 2.24) is 9.55 Å². The quantitative estimate of drug-likeness (QED) is 0.614. The molecule has 3 rings (SSSR count). The van der Waals surface area contributed by atoms with Gasteiger partial charge in [0, 0.05) is 11.1 Å². The van der Waals surface area contributed by atoms with E-state index >= 15 is 0 Å². The van der Waals surface area contributed by atoms with Gasteiger partial charge in [0.05, 0.1) is 18.4 Å². The van der Waals surface area contributed by atoms with Crippen LogP contribution in [0.2, 0.25) is 5.02 Å². The van der Waals surface area contributed by atoms with E-state index in [-0.39, 0.29) is 6.54 Å². The summed E-state index contributed by atoms with van der Waals surface area (Å²) in [4.78, 5) is 26.8. The first-order valence-electron chi connectivity index (χ1n) is 8.20. The minimum absolute atomic E-state index is 0.350. The molecule has 1 atom stereocenters. The Morgan fingerprint density at radius 1 is 1.06 bits per heavy atom. The second-order valence-electron chi connectivity index (χ2n) is 6.13. The monoisotopic (exact) mass is 466 g/mol. The lowest BCUT2D eigenvalue weighted by Gasteiger charge is -2.17. The zero-order chi connectivity index (χ0) is 23.0. The van der Waals surface area contributed by atoms with Crippen LogP contribution in [-0.2, 0) is 23.7 Å². The van der Waals surface area contributed by atoms with E-state index in [2.05, 4.69) is 15.2 Å². The van der Waals surface area contributed by atoms with Gasteiger partial charge in [0.15, 0.2) is 5.69 Å². The molecule has 1 aromatic heterocycles. The lowest BCUT2D eigenvalue weighted by molar-refractivity contribution is -0.142. The maximum absolute atomic E-state index is 13.3. The number of alkyl halides is 6. The molecular weight excluding hydrogens is 458 g/mol. The fourth-order valence-corrected chi connectivity index (χ4v) is 2.72. The standard InChI is InChI=1S/C17H9ClF6N4O3/c18-9-3-8(16(19,20)21)4-11(5-9)31-13-14(17(22,23)24)25-7-28(15(13)30)6-10-1-2-12(29)27-26-10/h1-5,7,10H,6H2. The van der Waals surface area contributed by atoms with Crippen molar-refractivity contribution in [2.75, 3.05) is 0 Å². The number of carbonyl (C=O) groups is 1. The summed E-state index contributed by atoms with van der Waals surface area (Å²) in [6, 6.07) is 0.900. The number of amides is 1. The number of azo groups is 1. The van der Waals surface area contributed by atoms with Gasteiger partial charge in [-0.25, -0.2) is 4.98 Å². The summed E-state index contributed by atoms with van der Waals surface area (Å²) in [5.74, 6) is -2.75. The van der Waals surface area contributed by atoms with Gasteiger partial charge in [-0.3, -0.25) is 14.2 Å². The first-order chi connectivity index (χ1) is 14.3. The van der Waals surface area contributed by atoms with Crippen LogP contribution in [-0.4, -0.2) is 21.5 Å². The number of nitrogens with zero attached hydrogens (tertiary/aromatic N) is 4. The van der Waals surface area contributed by atoms with Crippen LogP contribution in [0.5, 0.6) is 11.5 Å². The predicted octanol–water partition coefficient (Wildman–Crippen LogP) is 4.64. The highest BCUT2D eigenvalue weighted by Gasteiger charge is 2.39. The maximum Gasteiger partial charge on any atom is 0.437 e. The molecule has 0 saturated heterocycles. The van der Waals surface area contributed by atoms with Crippen molar-refractivity contribution in [3.8, 4) is 11.5 Å². The fourth-order valence-electron chi connectivity index (χ4n) is 2.49. The molecule has 164 valence electrons. The Morgan fingerprint density at radius 2 is 1.77 bits per heavy atom. The molecule has 0 saturated carbocycles. The highest BCUT2D eigenvalue weighted by molar-refractivity contribution is 6.30. The van der Waals surface area contributed by atoms with Crippen LogP contribution in [0, 0.1) is 0 Å². The van der Waals surface area contributed by atoms with Gasteiger partial charge >= 0.3 is 12.4 Å². The molecule has 7 nitrogen and oxygen atoms in total. The van der Waals surface area contributed by atoms with Gasteiger partial charge in [-0.2, -0.15) is 31.5 Å². The number of carbonyl (C=O) groups excluding carboxylic acids is 1. The number of halogens is 7. The minimum atomic E-state index is -5.14. The van der Waals surface area contributed by atoms with Crippen molar-refractivity contribution in [2.24, 2.45) is 10.2 Å². The van der Waals surface area contributed by atoms with E-state index in [4.69, 9.17) is 16.3 Å². The van der Waals surface area contributed by atoms with Gasteiger partial charge in [0.2, 0.25) is 5.75 Å². The number of rotatable bonds is 4. The molecule has 0 aliphatic carbocycles. The molecule has 2 heterocycles. The molecule has 1 aliphatic rings. The third-order valence-electron chi connectivity index (χ3n) is 3.83. The van der Waals surface area contributed by atoms with Crippen LogP contribution in [0.15, 0.2) is 51.7 Å². The first-order valence-corrected chi connectivity index (χ1v) is 8.57. The molecule has 1 amide bonds. The largest absolute Gasteiger partial charge is 0.449 e. The molecule has 1 unspecified atom stereocenters. The van der Waals surface area contributed by atoms with E-state index in [1.54, 1.807) is 0 Å². The summed E-state index contributed by atoms with van der Waals surface area (Å²) in [6.07, 6.45) is -7.09. The van der Waals surface area contributed by atoms with Crippen molar-refractivity contribution in [3.63, 3.8) is 0 Å². The molecule has 0 spiro atoms. The number of ether oxygens (including phenoxy) is 1. The van der Waals surface area contributed by atoms with Crippen molar-refractivity contribution < 1.29 is 35.9 Å². The Balaban J connectivity index is 2.05. The van der Waals surface area contributed by atoms with Gasteiger partial charge in [-0.05, 0) is 18.2 Å². The molecule has 0 bridgehead atoms. The molecule has 14 heteroatoms. The summed E-state index contributed by atoms with van der Waals surface area (Å²) in [5, 5.41) is 6.36. The lowest BCUT2D eigenvalue weighted by atomic mass is 10.2. The van der Waals surface area contributed by atoms with Crippen LogP contribution < -0.4 is 10.3 Å². The SMILES string of the molecule is O=C1C=CC(Cn2cnc(C(F)(F)F)c(Oc3cc(Cl)cc(C(F)(F)F)c3)c2=O)N=N1. The third-order valence-corrected chi connectivity index (χ3v) is 4.05. The second kappa shape index (κ2) is 8.13. The molecule has 1 aliphatic heterocycles. The number of hydrogen-bond donors (Lipinski definition) is 0. The fraction of sp³-hybridized carbons (Fsp3) is 0.235. The van der Waals surface area contributed by atoms with Crippen molar-refractivity contribution >= 4 is 17.5 Å². The van der Waals surface area contributed by atoms with E-state index < -0.39 is 57.6 Å². The predicted molar refractivity (Wildman–Crippen MR) is 92.8 cm³/mol. The van der Waals surface area contributed by atoms with Crippen LogP contribution in [0.4, 0.5) is 26.3 Å². The number of aromatic nitrogens is 2. The number of benzene rings is 1. The van der Waals surface area contributed by atoms with Crippen LogP contribution in [0.3, 0.4) is 0 Å². The molecule has 2 aromatic rings. The molecule has 0 fully saturated rings. The van der Waals surface area contributed by atoms with Gasteiger partial charge < -0.3 is 4.74 Å². The van der Waals surface area contributed by atoms with E-state index in [9.17, 15) is 35.9 Å². The van der Waals surface area contributed by atoms with Crippen molar-refractivity contribution in [1.29, 1.82) is 0 Å². The Kier molecular flexibility index (Phi) is 5.89. The van der Waals surface area contributed by atoms with Crippen molar-refractivity contribution in [3.05, 3.63) is 63.3 Å². The van der Waals surface area contributed by atoms with Crippen LogP contribution >= 0.6 is 11.6 Å². The summed E-state index contributed by atoms with van der Waals surface area (Å²) < 4.78 is 84.5. The normalized spacial score (nSPS) is 16.6. The smallest absolute Gasteiger partial charge is 0.437 e. The summed E-state index contributed by atoms with van der Waals surface area (Å²) >= 11 is 5.60. The molecule has 1 aromatic carbocycles. The van der Waals surface area contributed by atoms with E-state index in [0.29, 0.717) is 23.0 Å². The Bertz CT molecular complexity index is 1120. The van der Waals surface area contributed by atoms with E-state index in [1.807, 2.05) is 0 Å². The summed E-state index contributed by atoms with van der Waals surface area (Å²) in [7, 11) is 0. The average Bonchev–Trinajstić information content (AvgIpc) is 2.64. The highest BCUT2D eigenvalue weighted by atomic mass is 35.5. The summed E-state index contributed by atoms with van der Waals surface area (Å²) in [5.41, 5.74) is -4.36. The highest BCUT2D eigenvalue weighted by Crippen LogP contribution is 2.38. The summed E-state index contributed by atoms with van der Waals surface area (Å²) in [6.45, 7) is -0.350. The third kappa shape index (κ3) is 5.29.